The molecule has 0 aromatic carbocycles. The number of anilines is 1. The molecule has 1 aliphatic carbocycles. The van der Waals surface area contributed by atoms with E-state index in [1.807, 2.05) is 23.6 Å². The maximum atomic E-state index is 5.16. The Bertz CT molecular complexity index is 1270. The number of aromatic nitrogens is 4. The van der Waals surface area contributed by atoms with Gasteiger partial charge in [-0.3, -0.25) is 9.88 Å². The molecule has 0 N–H and O–H groups in total. The Kier molecular flexibility index (Phi) is 5.60. The summed E-state index contributed by atoms with van der Waals surface area (Å²) in [4.78, 5) is 26.8. The van der Waals surface area contributed by atoms with Crippen molar-refractivity contribution in [2.45, 2.75) is 39.7 Å². The Morgan fingerprint density at radius 2 is 2.00 bits per heavy atom. The summed E-state index contributed by atoms with van der Waals surface area (Å²) in [6.45, 7) is 9.37. The van der Waals surface area contributed by atoms with Gasteiger partial charge in [-0.2, -0.15) is 0 Å². The van der Waals surface area contributed by atoms with Gasteiger partial charge in [-0.25, -0.2) is 15.0 Å². The second-order valence-electron chi connectivity index (χ2n) is 9.27. The number of rotatable bonds is 4. The van der Waals surface area contributed by atoms with Crippen LogP contribution in [0, 0.1) is 12.8 Å². The highest BCUT2D eigenvalue weighted by molar-refractivity contribution is 7.19. The van der Waals surface area contributed by atoms with E-state index < -0.39 is 0 Å². The lowest BCUT2D eigenvalue weighted by atomic mass is 9.89. The molecule has 4 aromatic rings. The normalized spacial score (nSPS) is 19.2. The predicted molar refractivity (Wildman–Crippen MR) is 136 cm³/mol. The quantitative estimate of drug-likeness (QED) is 0.415. The molecule has 170 valence electrons. The van der Waals surface area contributed by atoms with Crippen LogP contribution in [-0.2, 0) is 19.4 Å². The van der Waals surface area contributed by atoms with Crippen LogP contribution >= 0.6 is 22.7 Å². The minimum Gasteiger partial charge on any atom is -0.353 e. The van der Waals surface area contributed by atoms with Crippen molar-refractivity contribution in [3.8, 4) is 11.4 Å². The summed E-state index contributed by atoms with van der Waals surface area (Å²) in [7, 11) is 0. The Balaban J connectivity index is 1.34. The monoisotopic (exact) mass is 476 g/mol. The lowest BCUT2D eigenvalue weighted by Crippen LogP contribution is -2.46. The van der Waals surface area contributed by atoms with Crippen LogP contribution in [0.5, 0.6) is 0 Å². The fourth-order valence-electron chi connectivity index (χ4n) is 5.00. The Labute approximate surface area is 202 Å². The molecular formula is C25H28N6S2. The van der Waals surface area contributed by atoms with E-state index >= 15 is 0 Å². The average molecular weight is 477 g/mol. The second-order valence-corrected chi connectivity index (χ2v) is 11.4. The first kappa shape index (κ1) is 21.1. The predicted octanol–water partition coefficient (Wildman–Crippen LogP) is 4.97. The third-order valence-electron chi connectivity index (χ3n) is 6.78. The topological polar surface area (TPSA) is 58.0 Å². The number of thiazole rings is 1. The second kappa shape index (κ2) is 8.74. The Morgan fingerprint density at radius 3 is 2.76 bits per heavy atom. The van der Waals surface area contributed by atoms with Crippen molar-refractivity contribution < 1.29 is 0 Å². The van der Waals surface area contributed by atoms with Crippen LogP contribution in [0.4, 0.5) is 5.82 Å². The summed E-state index contributed by atoms with van der Waals surface area (Å²) < 4.78 is 0. The van der Waals surface area contributed by atoms with Gasteiger partial charge in [0.15, 0.2) is 5.82 Å². The highest BCUT2D eigenvalue weighted by atomic mass is 32.1. The molecule has 1 aliphatic heterocycles. The number of pyridine rings is 1. The van der Waals surface area contributed by atoms with E-state index in [0.717, 1.165) is 72.1 Å². The van der Waals surface area contributed by atoms with E-state index in [1.54, 1.807) is 17.5 Å². The van der Waals surface area contributed by atoms with Gasteiger partial charge < -0.3 is 4.90 Å². The molecule has 1 saturated heterocycles. The summed E-state index contributed by atoms with van der Waals surface area (Å²) >= 11 is 3.62. The minimum atomic E-state index is 0.748. The highest BCUT2D eigenvalue weighted by Gasteiger charge is 2.28. The first-order valence-corrected chi connectivity index (χ1v) is 13.4. The van der Waals surface area contributed by atoms with Crippen LogP contribution in [0.25, 0.3) is 21.6 Å². The molecule has 1 fully saturated rings. The largest absolute Gasteiger partial charge is 0.353 e. The van der Waals surface area contributed by atoms with E-state index in [9.17, 15) is 0 Å². The van der Waals surface area contributed by atoms with Gasteiger partial charge in [0.1, 0.15) is 10.6 Å². The molecule has 0 spiro atoms. The number of hydrogen-bond donors (Lipinski definition) is 0. The molecule has 1 unspecified atom stereocenters. The van der Waals surface area contributed by atoms with Crippen molar-refractivity contribution in [3.63, 3.8) is 0 Å². The van der Waals surface area contributed by atoms with E-state index in [0.29, 0.717) is 0 Å². The van der Waals surface area contributed by atoms with Crippen LogP contribution < -0.4 is 4.90 Å². The number of nitrogens with zero attached hydrogens (tertiary/aromatic N) is 6. The van der Waals surface area contributed by atoms with Gasteiger partial charge in [0.25, 0.3) is 0 Å². The van der Waals surface area contributed by atoms with Crippen LogP contribution in [0.1, 0.15) is 34.5 Å². The third kappa shape index (κ3) is 4.16. The van der Waals surface area contributed by atoms with Crippen LogP contribution in [0.3, 0.4) is 0 Å². The molecule has 33 heavy (non-hydrogen) atoms. The van der Waals surface area contributed by atoms with E-state index in [-0.39, 0.29) is 0 Å². The van der Waals surface area contributed by atoms with Crippen molar-refractivity contribution in [1.29, 1.82) is 0 Å². The highest BCUT2D eigenvalue weighted by Crippen LogP contribution is 2.42. The van der Waals surface area contributed by atoms with Gasteiger partial charge in [0.05, 0.1) is 16.1 Å². The third-order valence-corrected chi connectivity index (χ3v) is 8.75. The Hall–Kier alpha value is -2.42. The summed E-state index contributed by atoms with van der Waals surface area (Å²) in [6, 6.07) is 4.02. The number of hydrogen-bond acceptors (Lipinski definition) is 8. The fraction of sp³-hybridized carbons (Fsp3) is 0.440. The van der Waals surface area contributed by atoms with Crippen molar-refractivity contribution >= 4 is 38.7 Å². The van der Waals surface area contributed by atoms with Crippen LogP contribution in [-0.4, -0.2) is 51.0 Å². The maximum Gasteiger partial charge on any atom is 0.164 e. The van der Waals surface area contributed by atoms with Crippen LogP contribution in [0.2, 0.25) is 0 Å². The molecule has 6 rings (SSSR count). The van der Waals surface area contributed by atoms with Crippen LogP contribution in [0.15, 0.2) is 29.9 Å². The summed E-state index contributed by atoms with van der Waals surface area (Å²) in [5, 5.41) is 4.64. The van der Waals surface area contributed by atoms with Crippen molar-refractivity contribution in [2.75, 3.05) is 31.1 Å². The number of aryl methyl sites for hydroxylation is 2. The van der Waals surface area contributed by atoms with Gasteiger partial charge in [0.2, 0.25) is 0 Å². The van der Waals surface area contributed by atoms with Crippen molar-refractivity contribution in [3.05, 3.63) is 51.0 Å². The van der Waals surface area contributed by atoms with E-state index in [2.05, 4.69) is 45.1 Å². The first-order valence-electron chi connectivity index (χ1n) is 11.7. The molecule has 6 nitrogen and oxygen atoms in total. The molecule has 8 heteroatoms. The molecular weight excluding hydrogens is 448 g/mol. The summed E-state index contributed by atoms with van der Waals surface area (Å²) in [6.07, 6.45) is 7.23. The van der Waals surface area contributed by atoms with Crippen molar-refractivity contribution in [2.24, 2.45) is 5.92 Å². The smallest absolute Gasteiger partial charge is 0.164 e. The number of piperazine rings is 1. The minimum absolute atomic E-state index is 0.748. The average Bonchev–Trinajstić information content (AvgIpc) is 3.41. The van der Waals surface area contributed by atoms with Crippen molar-refractivity contribution in [1.82, 2.24) is 24.8 Å². The van der Waals surface area contributed by atoms with E-state index in [4.69, 9.17) is 9.97 Å². The molecule has 0 saturated carbocycles. The molecule has 0 bridgehead atoms. The maximum absolute atomic E-state index is 5.16. The standard InChI is InChI=1S/C25H28N6S2/c1-16-5-6-20-21(12-16)33-25-22(20)24(28-23(29-25)18-4-3-7-26-13-18)31-10-8-30(9-11-31)14-19-15-32-17(2)27-19/h3-4,7,13,15-16H,5-6,8-12,14H2,1-2H3. The molecule has 4 aromatic heterocycles. The number of fused-ring (bicyclic) bond motifs is 3. The molecule has 2 aliphatic rings. The van der Waals surface area contributed by atoms with Gasteiger partial charge >= 0.3 is 0 Å². The molecule has 5 heterocycles. The van der Waals surface area contributed by atoms with Gasteiger partial charge in [0, 0.05) is 60.9 Å². The zero-order valence-electron chi connectivity index (χ0n) is 19.1. The first-order chi connectivity index (χ1) is 16.1. The molecule has 0 radical (unpaired) electrons. The zero-order valence-corrected chi connectivity index (χ0v) is 20.8. The Morgan fingerprint density at radius 1 is 1.12 bits per heavy atom. The summed E-state index contributed by atoms with van der Waals surface area (Å²) in [5.74, 6) is 2.66. The van der Waals surface area contributed by atoms with E-state index in [1.165, 1.54) is 34.4 Å². The van der Waals surface area contributed by atoms with Gasteiger partial charge in [-0.1, -0.05) is 6.92 Å². The van der Waals surface area contributed by atoms with Gasteiger partial charge in [-0.15, -0.1) is 22.7 Å². The molecule has 0 amide bonds. The zero-order chi connectivity index (χ0) is 22.4. The SMILES string of the molecule is Cc1nc(CN2CCN(c3nc(-c4cccnc4)nc4sc5c(c34)CCC(C)C5)CC2)cs1. The lowest BCUT2D eigenvalue weighted by molar-refractivity contribution is 0.247. The summed E-state index contributed by atoms with van der Waals surface area (Å²) in [5.41, 5.74) is 3.68. The van der Waals surface area contributed by atoms with Gasteiger partial charge in [-0.05, 0) is 49.8 Å². The lowest BCUT2D eigenvalue weighted by Gasteiger charge is -2.35. The number of thiophene rings is 1. The fourth-order valence-corrected chi connectivity index (χ4v) is 6.98. The molecule has 1 atom stereocenters.